The molecule has 1 fully saturated rings. The van der Waals surface area contributed by atoms with Crippen LogP contribution in [0.1, 0.15) is 11.3 Å². The van der Waals surface area contributed by atoms with Crippen molar-refractivity contribution in [2.75, 3.05) is 37.3 Å². The maximum atomic E-state index is 12.9. The molecule has 24 heavy (non-hydrogen) atoms. The summed E-state index contributed by atoms with van der Waals surface area (Å²) in [4.78, 5) is 10.8. The standard InChI is InChI=1S/C17H23FN6/c1-20-15-10-24(11-15)16-8-14(22-17(19)23-16)9-21-7-6-12-2-4-13(18)5-3-12/h2-5,8,15,20-21H,6-7,9-11H2,1H3,(H2,19,22,23). The first kappa shape index (κ1) is 16.6. The fourth-order valence-corrected chi connectivity index (χ4v) is 2.70. The molecular formula is C17H23FN6. The zero-order valence-electron chi connectivity index (χ0n) is 13.8. The van der Waals surface area contributed by atoms with Crippen molar-refractivity contribution in [2.24, 2.45) is 0 Å². The summed E-state index contributed by atoms with van der Waals surface area (Å²) in [6.45, 7) is 3.29. The Bertz CT molecular complexity index is 669. The van der Waals surface area contributed by atoms with Crippen LogP contribution in [0.5, 0.6) is 0 Å². The molecule has 6 nitrogen and oxygen atoms in total. The number of nitrogens with two attached hydrogens (primary N) is 1. The monoisotopic (exact) mass is 330 g/mol. The zero-order valence-corrected chi connectivity index (χ0v) is 13.8. The lowest BCUT2D eigenvalue weighted by Gasteiger charge is -2.40. The highest BCUT2D eigenvalue weighted by Gasteiger charge is 2.26. The molecule has 0 saturated carbocycles. The van der Waals surface area contributed by atoms with Gasteiger partial charge in [0.15, 0.2) is 0 Å². The second kappa shape index (κ2) is 7.55. The molecule has 0 unspecified atom stereocenters. The quantitative estimate of drug-likeness (QED) is 0.656. The van der Waals surface area contributed by atoms with Crippen LogP contribution >= 0.6 is 0 Å². The molecule has 2 aromatic rings. The van der Waals surface area contributed by atoms with Crippen LogP contribution in [0.4, 0.5) is 16.2 Å². The van der Waals surface area contributed by atoms with Crippen molar-refractivity contribution >= 4 is 11.8 Å². The molecule has 0 radical (unpaired) electrons. The van der Waals surface area contributed by atoms with Crippen LogP contribution in [0.15, 0.2) is 30.3 Å². The molecule has 1 aliphatic rings. The van der Waals surface area contributed by atoms with Crippen molar-refractivity contribution < 1.29 is 4.39 Å². The van der Waals surface area contributed by atoms with Crippen LogP contribution < -0.4 is 21.3 Å². The number of nitrogen functional groups attached to an aromatic ring is 1. The lowest BCUT2D eigenvalue weighted by Crippen LogP contribution is -2.57. The number of benzene rings is 1. The van der Waals surface area contributed by atoms with Gasteiger partial charge in [-0.3, -0.25) is 0 Å². The average Bonchev–Trinajstić information content (AvgIpc) is 2.52. The Morgan fingerprint density at radius 1 is 1.25 bits per heavy atom. The smallest absolute Gasteiger partial charge is 0.222 e. The molecule has 0 amide bonds. The molecule has 7 heteroatoms. The molecule has 2 heterocycles. The average molecular weight is 330 g/mol. The molecule has 1 saturated heterocycles. The summed E-state index contributed by atoms with van der Waals surface area (Å²) in [5.41, 5.74) is 7.81. The number of hydrogen-bond donors (Lipinski definition) is 3. The van der Waals surface area contributed by atoms with E-state index in [0.717, 1.165) is 43.1 Å². The minimum Gasteiger partial charge on any atom is -0.368 e. The number of halogens is 1. The maximum absolute atomic E-state index is 12.9. The van der Waals surface area contributed by atoms with Crippen LogP contribution in [0.25, 0.3) is 0 Å². The molecule has 3 rings (SSSR count). The van der Waals surface area contributed by atoms with Crippen LogP contribution in [0.3, 0.4) is 0 Å². The lowest BCUT2D eigenvalue weighted by molar-refractivity contribution is 0.447. The number of nitrogens with one attached hydrogen (secondary N) is 2. The van der Waals surface area contributed by atoms with Crippen molar-refractivity contribution in [1.29, 1.82) is 0 Å². The highest BCUT2D eigenvalue weighted by molar-refractivity contribution is 5.46. The lowest BCUT2D eigenvalue weighted by atomic mass is 10.1. The predicted octanol–water partition coefficient (Wildman–Crippen LogP) is 0.938. The van der Waals surface area contributed by atoms with Crippen LogP contribution in [0.2, 0.25) is 0 Å². The van der Waals surface area contributed by atoms with E-state index < -0.39 is 0 Å². The normalized spacial score (nSPS) is 14.7. The first-order chi connectivity index (χ1) is 11.6. The largest absolute Gasteiger partial charge is 0.368 e. The summed E-state index contributed by atoms with van der Waals surface area (Å²) in [6.07, 6.45) is 0.837. The summed E-state index contributed by atoms with van der Waals surface area (Å²) >= 11 is 0. The predicted molar refractivity (Wildman–Crippen MR) is 93.3 cm³/mol. The molecule has 128 valence electrons. The minimum absolute atomic E-state index is 0.206. The van der Waals surface area contributed by atoms with Gasteiger partial charge in [0.05, 0.1) is 5.69 Å². The van der Waals surface area contributed by atoms with Gasteiger partial charge in [-0.1, -0.05) is 12.1 Å². The fraction of sp³-hybridized carbons (Fsp3) is 0.412. The van der Waals surface area contributed by atoms with E-state index in [1.807, 2.05) is 13.1 Å². The van der Waals surface area contributed by atoms with Crippen molar-refractivity contribution in [3.63, 3.8) is 0 Å². The summed E-state index contributed by atoms with van der Waals surface area (Å²) in [6, 6.07) is 9.07. The zero-order chi connectivity index (χ0) is 16.9. The van der Waals surface area contributed by atoms with E-state index in [0.29, 0.717) is 18.5 Å². The van der Waals surface area contributed by atoms with E-state index in [9.17, 15) is 4.39 Å². The van der Waals surface area contributed by atoms with Gasteiger partial charge in [0.2, 0.25) is 5.95 Å². The third kappa shape index (κ3) is 4.18. The number of hydrogen-bond acceptors (Lipinski definition) is 6. The van der Waals surface area contributed by atoms with Gasteiger partial charge in [-0.15, -0.1) is 0 Å². The minimum atomic E-state index is -0.206. The molecule has 0 spiro atoms. The van der Waals surface area contributed by atoms with Crippen molar-refractivity contribution in [3.05, 3.63) is 47.4 Å². The van der Waals surface area contributed by atoms with Crippen molar-refractivity contribution in [2.45, 2.75) is 19.0 Å². The Balaban J connectivity index is 1.50. The summed E-state index contributed by atoms with van der Waals surface area (Å²) in [5.74, 6) is 0.974. The first-order valence-corrected chi connectivity index (χ1v) is 8.15. The summed E-state index contributed by atoms with van der Waals surface area (Å²) in [7, 11) is 1.97. The number of anilines is 2. The number of likely N-dealkylation sites (N-methyl/N-ethyl adjacent to an activating group) is 1. The Labute approximate surface area is 141 Å². The third-order valence-electron chi connectivity index (χ3n) is 4.21. The van der Waals surface area contributed by atoms with Gasteiger partial charge in [0.1, 0.15) is 11.6 Å². The maximum Gasteiger partial charge on any atom is 0.222 e. The molecule has 1 aliphatic heterocycles. The Kier molecular flexibility index (Phi) is 5.22. The van der Waals surface area contributed by atoms with Gasteiger partial charge in [-0.2, -0.15) is 4.98 Å². The molecule has 0 aliphatic carbocycles. The molecule has 0 atom stereocenters. The van der Waals surface area contributed by atoms with Gasteiger partial charge in [-0.25, -0.2) is 9.37 Å². The van der Waals surface area contributed by atoms with E-state index in [1.54, 1.807) is 12.1 Å². The highest BCUT2D eigenvalue weighted by Crippen LogP contribution is 2.20. The molecule has 1 aromatic heterocycles. The highest BCUT2D eigenvalue weighted by atomic mass is 19.1. The number of aromatic nitrogens is 2. The van der Waals surface area contributed by atoms with E-state index in [4.69, 9.17) is 5.73 Å². The van der Waals surface area contributed by atoms with Crippen molar-refractivity contribution in [1.82, 2.24) is 20.6 Å². The topological polar surface area (TPSA) is 79.1 Å². The first-order valence-electron chi connectivity index (χ1n) is 8.15. The summed E-state index contributed by atoms with van der Waals surface area (Å²) in [5, 5.41) is 6.58. The van der Waals surface area contributed by atoms with Gasteiger partial charge in [0, 0.05) is 31.7 Å². The van der Waals surface area contributed by atoms with Crippen molar-refractivity contribution in [3.8, 4) is 0 Å². The van der Waals surface area contributed by atoms with Crippen LogP contribution in [0, 0.1) is 5.82 Å². The summed E-state index contributed by atoms with van der Waals surface area (Å²) < 4.78 is 12.9. The Hall–Kier alpha value is -2.25. The van der Waals surface area contributed by atoms with Gasteiger partial charge >= 0.3 is 0 Å². The SMILES string of the molecule is CNC1CN(c2cc(CNCCc3ccc(F)cc3)nc(N)n2)C1. The Morgan fingerprint density at radius 3 is 2.71 bits per heavy atom. The van der Waals surface area contributed by atoms with Crippen LogP contribution in [-0.4, -0.2) is 42.7 Å². The molecule has 4 N–H and O–H groups in total. The van der Waals surface area contributed by atoms with Gasteiger partial charge in [-0.05, 0) is 37.7 Å². The number of rotatable bonds is 7. The fourth-order valence-electron chi connectivity index (χ4n) is 2.70. The second-order valence-corrected chi connectivity index (χ2v) is 6.02. The van der Waals surface area contributed by atoms with E-state index >= 15 is 0 Å². The second-order valence-electron chi connectivity index (χ2n) is 6.02. The molecular weight excluding hydrogens is 307 g/mol. The van der Waals surface area contributed by atoms with E-state index in [2.05, 4.69) is 25.5 Å². The van der Waals surface area contributed by atoms with Gasteiger partial charge in [0.25, 0.3) is 0 Å². The van der Waals surface area contributed by atoms with Gasteiger partial charge < -0.3 is 21.3 Å². The number of nitrogens with zero attached hydrogens (tertiary/aromatic N) is 3. The van der Waals surface area contributed by atoms with Crippen LogP contribution in [-0.2, 0) is 13.0 Å². The van der Waals surface area contributed by atoms with E-state index in [1.165, 1.54) is 12.1 Å². The molecule has 1 aromatic carbocycles. The van der Waals surface area contributed by atoms with E-state index in [-0.39, 0.29) is 5.82 Å². The third-order valence-corrected chi connectivity index (χ3v) is 4.21. The molecule has 0 bridgehead atoms. The Morgan fingerprint density at radius 2 is 2.00 bits per heavy atom.